The van der Waals surface area contributed by atoms with Crippen molar-refractivity contribution in [2.24, 2.45) is 5.73 Å². The van der Waals surface area contributed by atoms with E-state index in [-0.39, 0.29) is 16.1 Å². The topological polar surface area (TPSA) is 72.2 Å². The van der Waals surface area contributed by atoms with Gasteiger partial charge in [-0.25, -0.2) is 4.39 Å². The molecule has 2 amide bonds. The highest BCUT2D eigenvalue weighted by molar-refractivity contribution is 6.34. The van der Waals surface area contributed by atoms with Crippen molar-refractivity contribution in [1.82, 2.24) is 0 Å². The number of primary amides is 1. The molecule has 0 saturated heterocycles. The lowest BCUT2D eigenvalue weighted by Gasteiger charge is -2.08. The maximum absolute atomic E-state index is 13.7. The zero-order chi connectivity index (χ0) is 15.6. The monoisotopic (exact) mass is 306 g/mol. The van der Waals surface area contributed by atoms with Gasteiger partial charge in [0, 0.05) is 5.69 Å². The fourth-order valence-corrected chi connectivity index (χ4v) is 2.07. The number of anilines is 1. The van der Waals surface area contributed by atoms with Gasteiger partial charge in [0.15, 0.2) is 0 Å². The van der Waals surface area contributed by atoms with Crippen LogP contribution in [0.4, 0.5) is 10.1 Å². The van der Waals surface area contributed by atoms with E-state index in [9.17, 15) is 14.0 Å². The molecule has 0 unspecified atom stereocenters. The first kappa shape index (κ1) is 15.0. The molecule has 0 heterocycles. The van der Waals surface area contributed by atoms with Crippen molar-refractivity contribution in [3.05, 3.63) is 63.9 Å². The van der Waals surface area contributed by atoms with E-state index in [0.29, 0.717) is 5.69 Å². The molecule has 6 heteroatoms. The molecule has 0 atom stereocenters. The van der Waals surface area contributed by atoms with E-state index >= 15 is 0 Å². The molecule has 0 saturated carbocycles. The summed E-state index contributed by atoms with van der Waals surface area (Å²) in [7, 11) is 0. The summed E-state index contributed by atoms with van der Waals surface area (Å²) in [6, 6.07) is 8.56. The van der Waals surface area contributed by atoms with Crippen molar-refractivity contribution in [2.45, 2.75) is 6.92 Å². The van der Waals surface area contributed by atoms with Gasteiger partial charge in [0.2, 0.25) is 5.91 Å². The summed E-state index contributed by atoms with van der Waals surface area (Å²) in [5.74, 6) is -1.87. The number of nitrogens with two attached hydrogens (primary N) is 1. The predicted molar refractivity (Wildman–Crippen MR) is 79.1 cm³/mol. The summed E-state index contributed by atoms with van der Waals surface area (Å²) in [5.41, 5.74) is 6.27. The molecule has 0 aromatic heterocycles. The molecule has 4 nitrogen and oxygen atoms in total. The summed E-state index contributed by atoms with van der Waals surface area (Å²) in [4.78, 5) is 23.0. The van der Waals surface area contributed by atoms with Crippen LogP contribution in [0.3, 0.4) is 0 Å². The lowest BCUT2D eigenvalue weighted by atomic mass is 10.1. The molecule has 0 bridgehead atoms. The number of benzene rings is 2. The van der Waals surface area contributed by atoms with Gasteiger partial charge in [0.25, 0.3) is 5.91 Å². The van der Waals surface area contributed by atoms with E-state index in [2.05, 4.69) is 5.32 Å². The predicted octanol–water partition coefficient (Wildman–Crippen LogP) is 3.14. The molecule has 0 radical (unpaired) electrons. The Hall–Kier alpha value is -2.40. The third-order valence-electron chi connectivity index (χ3n) is 2.86. The second-order valence-corrected chi connectivity index (χ2v) is 4.90. The minimum Gasteiger partial charge on any atom is -0.366 e. The Morgan fingerprint density at radius 3 is 2.38 bits per heavy atom. The normalized spacial score (nSPS) is 10.2. The van der Waals surface area contributed by atoms with Crippen LogP contribution in [0.15, 0.2) is 36.4 Å². The molecular weight excluding hydrogens is 295 g/mol. The van der Waals surface area contributed by atoms with Gasteiger partial charge in [-0.1, -0.05) is 17.7 Å². The maximum Gasteiger partial charge on any atom is 0.258 e. The minimum atomic E-state index is -0.664. The standard InChI is InChI=1S/C15H12ClFN2O2/c1-8-2-4-11(13(17)6-8)15(21)19-9-3-5-10(14(18)20)12(16)7-9/h2-7H,1H3,(H2,18,20)(H,19,21). The van der Waals surface area contributed by atoms with Gasteiger partial charge in [0.05, 0.1) is 16.1 Å². The van der Waals surface area contributed by atoms with Gasteiger partial charge in [-0.3, -0.25) is 9.59 Å². The van der Waals surface area contributed by atoms with Crippen LogP contribution in [0.25, 0.3) is 0 Å². The Kier molecular flexibility index (Phi) is 4.23. The van der Waals surface area contributed by atoms with Crippen molar-refractivity contribution in [3.63, 3.8) is 0 Å². The summed E-state index contributed by atoms with van der Waals surface area (Å²) in [5, 5.41) is 2.63. The SMILES string of the molecule is Cc1ccc(C(=O)Nc2ccc(C(N)=O)c(Cl)c2)c(F)c1. The molecule has 0 fully saturated rings. The summed E-state index contributed by atoms with van der Waals surface area (Å²) in [6.07, 6.45) is 0. The van der Waals surface area contributed by atoms with E-state index in [1.165, 1.54) is 30.3 Å². The molecule has 2 aromatic rings. The highest BCUT2D eigenvalue weighted by Gasteiger charge is 2.13. The summed E-state index contributed by atoms with van der Waals surface area (Å²) >= 11 is 5.88. The number of halogens is 2. The van der Waals surface area contributed by atoms with Crippen LogP contribution in [0, 0.1) is 12.7 Å². The highest BCUT2D eigenvalue weighted by atomic mass is 35.5. The lowest BCUT2D eigenvalue weighted by Crippen LogP contribution is -2.15. The Bertz CT molecular complexity index is 732. The first-order valence-electron chi connectivity index (χ1n) is 6.05. The van der Waals surface area contributed by atoms with E-state index in [4.69, 9.17) is 17.3 Å². The number of nitrogens with one attached hydrogen (secondary N) is 1. The third kappa shape index (κ3) is 3.38. The third-order valence-corrected chi connectivity index (χ3v) is 3.17. The van der Waals surface area contributed by atoms with Crippen LogP contribution in [0.2, 0.25) is 5.02 Å². The van der Waals surface area contributed by atoms with Gasteiger partial charge in [-0.2, -0.15) is 0 Å². The lowest BCUT2D eigenvalue weighted by molar-refractivity contribution is 0.0998. The van der Waals surface area contributed by atoms with Crippen molar-refractivity contribution in [2.75, 3.05) is 5.32 Å². The Labute approximate surface area is 125 Å². The Morgan fingerprint density at radius 1 is 1.14 bits per heavy atom. The maximum atomic E-state index is 13.7. The van der Waals surface area contributed by atoms with Crippen molar-refractivity contribution >= 4 is 29.1 Å². The molecule has 0 aliphatic heterocycles. The fourth-order valence-electron chi connectivity index (χ4n) is 1.80. The molecule has 108 valence electrons. The quantitative estimate of drug-likeness (QED) is 0.914. The fraction of sp³-hybridized carbons (Fsp3) is 0.0667. The van der Waals surface area contributed by atoms with E-state index in [1.807, 2.05) is 0 Å². The van der Waals surface area contributed by atoms with E-state index in [0.717, 1.165) is 5.56 Å². The molecule has 0 aliphatic rings. The number of rotatable bonds is 3. The van der Waals surface area contributed by atoms with E-state index in [1.54, 1.807) is 13.0 Å². The molecule has 0 aliphatic carbocycles. The molecule has 2 aromatic carbocycles. The number of hydrogen-bond acceptors (Lipinski definition) is 2. The Balaban J connectivity index is 2.23. The van der Waals surface area contributed by atoms with Crippen LogP contribution in [0.5, 0.6) is 0 Å². The smallest absolute Gasteiger partial charge is 0.258 e. The summed E-state index contributed by atoms with van der Waals surface area (Å²) in [6.45, 7) is 1.73. The van der Waals surface area contributed by atoms with Crippen LogP contribution >= 0.6 is 11.6 Å². The van der Waals surface area contributed by atoms with Gasteiger partial charge in [-0.15, -0.1) is 0 Å². The van der Waals surface area contributed by atoms with Crippen molar-refractivity contribution < 1.29 is 14.0 Å². The molecular formula is C15H12ClFN2O2. The second-order valence-electron chi connectivity index (χ2n) is 4.50. The number of carbonyl (C=O) groups is 2. The Morgan fingerprint density at radius 2 is 1.81 bits per heavy atom. The van der Waals surface area contributed by atoms with Gasteiger partial charge >= 0.3 is 0 Å². The average Bonchev–Trinajstić information content (AvgIpc) is 2.37. The summed E-state index contributed by atoms with van der Waals surface area (Å²) < 4.78 is 13.7. The zero-order valence-corrected chi connectivity index (χ0v) is 11.9. The van der Waals surface area contributed by atoms with Crippen molar-refractivity contribution in [3.8, 4) is 0 Å². The first-order chi connectivity index (χ1) is 9.88. The van der Waals surface area contributed by atoms with Gasteiger partial charge in [-0.05, 0) is 42.8 Å². The van der Waals surface area contributed by atoms with Crippen LogP contribution in [-0.4, -0.2) is 11.8 Å². The number of amides is 2. The van der Waals surface area contributed by atoms with Crippen LogP contribution in [-0.2, 0) is 0 Å². The zero-order valence-electron chi connectivity index (χ0n) is 11.1. The number of carbonyl (C=O) groups excluding carboxylic acids is 2. The first-order valence-corrected chi connectivity index (χ1v) is 6.43. The average molecular weight is 307 g/mol. The highest BCUT2D eigenvalue weighted by Crippen LogP contribution is 2.21. The van der Waals surface area contributed by atoms with E-state index < -0.39 is 17.6 Å². The largest absolute Gasteiger partial charge is 0.366 e. The molecule has 3 N–H and O–H groups in total. The van der Waals surface area contributed by atoms with Crippen molar-refractivity contribution in [1.29, 1.82) is 0 Å². The molecule has 21 heavy (non-hydrogen) atoms. The number of aryl methyl sites for hydroxylation is 1. The van der Waals surface area contributed by atoms with Gasteiger partial charge in [0.1, 0.15) is 5.82 Å². The minimum absolute atomic E-state index is 0.0734. The molecule has 0 spiro atoms. The van der Waals surface area contributed by atoms with Crippen LogP contribution in [0.1, 0.15) is 26.3 Å². The van der Waals surface area contributed by atoms with Crippen LogP contribution < -0.4 is 11.1 Å². The number of hydrogen-bond donors (Lipinski definition) is 2. The second kappa shape index (κ2) is 5.93. The molecule has 2 rings (SSSR count). The van der Waals surface area contributed by atoms with Gasteiger partial charge < -0.3 is 11.1 Å².